The van der Waals surface area contributed by atoms with Gasteiger partial charge < -0.3 is 14.8 Å². The second kappa shape index (κ2) is 11.3. The number of hydrogen-bond donors (Lipinski definition) is 1. The Morgan fingerprint density at radius 3 is 2.31 bits per heavy atom. The molecule has 1 atom stereocenters. The van der Waals surface area contributed by atoms with E-state index < -0.39 is 0 Å². The fourth-order valence-electron chi connectivity index (χ4n) is 3.36. The van der Waals surface area contributed by atoms with Crippen LogP contribution in [0.25, 0.3) is 0 Å². The van der Waals surface area contributed by atoms with Gasteiger partial charge in [0.25, 0.3) is 0 Å². The van der Waals surface area contributed by atoms with Crippen LogP contribution >= 0.6 is 0 Å². The Balaban J connectivity index is 1.37. The van der Waals surface area contributed by atoms with Gasteiger partial charge in [0.05, 0.1) is 7.11 Å². The lowest BCUT2D eigenvalue weighted by molar-refractivity contribution is 0.306. The highest BCUT2D eigenvalue weighted by Gasteiger charge is 2.04. The second-order valence-electron chi connectivity index (χ2n) is 7.43. The molecule has 0 saturated heterocycles. The first-order valence-electron chi connectivity index (χ1n) is 10.3. The second-order valence-corrected chi connectivity index (χ2v) is 7.43. The van der Waals surface area contributed by atoms with E-state index in [1.165, 1.54) is 16.7 Å². The van der Waals surface area contributed by atoms with Gasteiger partial charge >= 0.3 is 0 Å². The lowest BCUT2D eigenvalue weighted by Crippen LogP contribution is -2.29. The van der Waals surface area contributed by atoms with Crippen LogP contribution in [0.15, 0.2) is 78.9 Å². The van der Waals surface area contributed by atoms with E-state index in [-0.39, 0.29) is 0 Å². The first kappa shape index (κ1) is 20.9. The largest absolute Gasteiger partial charge is 0.497 e. The third-order valence-corrected chi connectivity index (χ3v) is 4.98. The van der Waals surface area contributed by atoms with Crippen molar-refractivity contribution in [2.45, 2.75) is 38.8 Å². The van der Waals surface area contributed by atoms with Crippen molar-refractivity contribution >= 4 is 0 Å². The Morgan fingerprint density at radius 1 is 0.793 bits per heavy atom. The van der Waals surface area contributed by atoms with E-state index in [1.54, 1.807) is 7.11 Å². The van der Waals surface area contributed by atoms with Crippen molar-refractivity contribution in [2.75, 3.05) is 13.7 Å². The number of methoxy groups -OCH3 is 1. The Morgan fingerprint density at radius 2 is 1.55 bits per heavy atom. The van der Waals surface area contributed by atoms with Crippen LogP contribution in [0.1, 0.15) is 30.0 Å². The molecule has 152 valence electrons. The molecule has 0 spiro atoms. The zero-order valence-corrected chi connectivity index (χ0v) is 17.4. The third-order valence-electron chi connectivity index (χ3n) is 4.98. The minimum atomic E-state index is 0.448. The van der Waals surface area contributed by atoms with Gasteiger partial charge in [0.2, 0.25) is 0 Å². The molecule has 0 fully saturated rings. The van der Waals surface area contributed by atoms with E-state index in [4.69, 9.17) is 9.47 Å². The van der Waals surface area contributed by atoms with Crippen molar-refractivity contribution in [1.82, 2.24) is 5.32 Å². The topological polar surface area (TPSA) is 30.5 Å². The van der Waals surface area contributed by atoms with Gasteiger partial charge in [-0.2, -0.15) is 0 Å². The molecule has 0 aliphatic rings. The Kier molecular flexibility index (Phi) is 8.14. The summed E-state index contributed by atoms with van der Waals surface area (Å²) in [7, 11) is 1.70. The summed E-state index contributed by atoms with van der Waals surface area (Å²) in [5.41, 5.74) is 3.84. The highest BCUT2D eigenvalue weighted by atomic mass is 16.5. The zero-order valence-electron chi connectivity index (χ0n) is 17.4. The standard InChI is InChI=1S/C26H31NO2/c1-21(18-23-13-15-25(28-2)16-14-23)27-17-7-11-22-10-6-12-26(19-22)29-20-24-8-4-3-5-9-24/h3-6,8-10,12-16,19,21,27H,7,11,17-18,20H2,1-2H3. The van der Waals surface area contributed by atoms with Gasteiger partial charge in [-0.15, -0.1) is 0 Å². The molecule has 29 heavy (non-hydrogen) atoms. The molecule has 1 N–H and O–H groups in total. The summed E-state index contributed by atoms with van der Waals surface area (Å²) in [6.45, 7) is 3.85. The molecular weight excluding hydrogens is 358 g/mol. The van der Waals surface area contributed by atoms with E-state index in [0.29, 0.717) is 12.6 Å². The molecule has 0 radical (unpaired) electrons. The molecular formula is C26H31NO2. The maximum Gasteiger partial charge on any atom is 0.120 e. The molecule has 0 amide bonds. The fraction of sp³-hybridized carbons (Fsp3) is 0.308. The van der Waals surface area contributed by atoms with Crippen molar-refractivity contribution < 1.29 is 9.47 Å². The minimum absolute atomic E-state index is 0.448. The average Bonchev–Trinajstić information content (AvgIpc) is 2.77. The molecule has 1 unspecified atom stereocenters. The lowest BCUT2D eigenvalue weighted by atomic mass is 10.1. The molecule has 3 nitrogen and oxygen atoms in total. The van der Waals surface area contributed by atoms with Gasteiger partial charge in [-0.1, -0.05) is 54.6 Å². The molecule has 0 aliphatic carbocycles. The molecule has 0 aliphatic heterocycles. The molecule has 0 heterocycles. The number of benzene rings is 3. The van der Waals surface area contributed by atoms with Crippen molar-refractivity contribution in [3.63, 3.8) is 0 Å². The van der Waals surface area contributed by atoms with Gasteiger partial charge in [-0.3, -0.25) is 0 Å². The molecule has 3 aromatic carbocycles. The molecule has 0 bridgehead atoms. The smallest absolute Gasteiger partial charge is 0.120 e. The average molecular weight is 390 g/mol. The number of ether oxygens (including phenoxy) is 2. The fourth-order valence-corrected chi connectivity index (χ4v) is 3.36. The van der Waals surface area contributed by atoms with Crippen molar-refractivity contribution in [2.24, 2.45) is 0 Å². The van der Waals surface area contributed by atoms with Gasteiger partial charge in [-0.05, 0) is 73.7 Å². The van der Waals surface area contributed by atoms with Crippen molar-refractivity contribution in [3.8, 4) is 11.5 Å². The summed E-state index contributed by atoms with van der Waals surface area (Å²) >= 11 is 0. The first-order valence-corrected chi connectivity index (χ1v) is 10.3. The SMILES string of the molecule is COc1ccc(CC(C)NCCCc2cccc(OCc3ccccc3)c2)cc1. The van der Waals surface area contributed by atoms with E-state index in [1.807, 2.05) is 36.4 Å². The van der Waals surface area contributed by atoms with Crippen molar-refractivity contribution in [1.29, 1.82) is 0 Å². The Hall–Kier alpha value is -2.78. The number of aryl methyl sites for hydroxylation is 1. The van der Waals surface area contributed by atoms with Crippen LogP contribution in [-0.2, 0) is 19.4 Å². The van der Waals surface area contributed by atoms with Crippen LogP contribution in [0.3, 0.4) is 0 Å². The van der Waals surface area contributed by atoms with E-state index in [0.717, 1.165) is 37.3 Å². The highest BCUT2D eigenvalue weighted by Crippen LogP contribution is 2.16. The van der Waals surface area contributed by atoms with Crippen LogP contribution in [0.4, 0.5) is 0 Å². The van der Waals surface area contributed by atoms with E-state index in [2.05, 4.69) is 54.7 Å². The van der Waals surface area contributed by atoms with Crippen molar-refractivity contribution in [3.05, 3.63) is 95.6 Å². The third kappa shape index (κ3) is 7.28. The summed E-state index contributed by atoms with van der Waals surface area (Å²) in [5, 5.41) is 3.63. The normalized spacial score (nSPS) is 11.8. The Labute approximate surface area is 174 Å². The predicted octanol–water partition coefficient (Wildman–Crippen LogP) is 5.43. The maximum absolute atomic E-state index is 5.94. The summed E-state index contributed by atoms with van der Waals surface area (Å²) in [6, 6.07) is 27.5. The molecule has 3 heteroatoms. The van der Waals surface area contributed by atoms with Gasteiger partial charge in [0.1, 0.15) is 18.1 Å². The van der Waals surface area contributed by atoms with Crippen LogP contribution in [0.2, 0.25) is 0 Å². The van der Waals surface area contributed by atoms with Crippen LogP contribution in [-0.4, -0.2) is 19.7 Å². The zero-order chi connectivity index (χ0) is 20.3. The predicted molar refractivity (Wildman–Crippen MR) is 120 cm³/mol. The summed E-state index contributed by atoms with van der Waals surface area (Å²) in [4.78, 5) is 0. The van der Waals surface area contributed by atoms with Crippen LogP contribution < -0.4 is 14.8 Å². The van der Waals surface area contributed by atoms with Gasteiger partial charge in [-0.25, -0.2) is 0 Å². The number of hydrogen-bond acceptors (Lipinski definition) is 3. The lowest BCUT2D eigenvalue weighted by Gasteiger charge is -2.14. The van der Waals surface area contributed by atoms with Crippen LogP contribution in [0.5, 0.6) is 11.5 Å². The maximum atomic E-state index is 5.94. The van der Waals surface area contributed by atoms with E-state index in [9.17, 15) is 0 Å². The summed E-state index contributed by atoms with van der Waals surface area (Å²) in [5.74, 6) is 1.84. The first-order chi connectivity index (χ1) is 14.2. The summed E-state index contributed by atoms with van der Waals surface area (Å²) < 4.78 is 11.2. The Bertz CT molecular complexity index is 846. The molecule has 3 rings (SSSR count). The highest BCUT2D eigenvalue weighted by molar-refractivity contribution is 5.29. The number of nitrogens with one attached hydrogen (secondary N) is 1. The van der Waals surface area contributed by atoms with E-state index >= 15 is 0 Å². The van der Waals surface area contributed by atoms with Gasteiger partial charge in [0, 0.05) is 6.04 Å². The molecule has 0 saturated carbocycles. The van der Waals surface area contributed by atoms with Gasteiger partial charge in [0.15, 0.2) is 0 Å². The monoisotopic (exact) mass is 389 g/mol. The summed E-state index contributed by atoms with van der Waals surface area (Å²) in [6.07, 6.45) is 3.17. The number of rotatable bonds is 11. The van der Waals surface area contributed by atoms with Crippen LogP contribution in [0, 0.1) is 0 Å². The molecule has 3 aromatic rings. The quantitative estimate of drug-likeness (QED) is 0.444. The minimum Gasteiger partial charge on any atom is -0.497 e. The molecule has 0 aromatic heterocycles.